The molecule has 2 aromatic rings. The van der Waals surface area contributed by atoms with Gasteiger partial charge in [-0.3, -0.25) is 4.98 Å². The van der Waals surface area contributed by atoms with Gasteiger partial charge in [-0.1, -0.05) is 6.07 Å². The van der Waals surface area contributed by atoms with E-state index in [1.54, 1.807) is 0 Å². The highest BCUT2D eigenvalue weighted by Crippen LogP contribution is 2.18. The molecule has 0 aliphatic carbocycles. The largest absolute Gasteiger partial charge is 0.369 e. The highest BCUT2D eigenvalue weighted by molar-refractivity contribution is 5.50. The third kappa shape index (κ3) is 3.44. The second-order valence-corrected chi connectivity index (χ2v) is 4.97. The van der Waals surface area contributed by atoms with Crippen LogP contribution in [0.25, 0.3) is 0 Å². The van der Waals surface area contributed by atoms with Gasteiger partial charge in [0.25, 0.3) is 0 Å². The Labute approximate surface area is 120 Å². The zero-order chi connectivity index (χ0) is 14.5. The van der Waals surface area contributed by atoms with Gasteiger partial charge in [0.1, 0.15) is 5.82 Å². The van der Waals surface area contributed by atoms with Crippen molar-refractivity contribution in [2.45, 2.75) is 20.3 Å². The van der Waals surface area contributed by atoms with Crippen molar-refractivity contribution in [3.63, 3.8) is 0 Å². The zero-order valence-corrected chi connectivity index (χ0v) is 12.5. The number of aromatic nitrogens is 3. The summed E-state index contributed by atoms with van der Waals surface area (Å²) < 4.78 is 0. The van der Waals surface area contributed by atoms with Crippen LogP contribution in [0.1, 0.15) is 17.0 Å². The van der Waals surface area contributed by atoms with Gasteiger partial charge < -0.3 is 10.2 Å². The molecule has 0 aromatic carbocycles. The molecule has 2 aromatic heterocycles. The van der Waals surface area contributed by atoms with Crippen LogP contribution in [0.2, 0.25) is 0 Å². The van der Waals surface area contributed by atoms with Crippen molar-refractivity contribution in [3.8, 4) is 0 Å². The molecule has 0 saturated heterocycles. The van der Waals surface area contributed by atoms with Crippen molar-refractivity contribution in [1.29, 1.82) is 0 Å². The van der Waals surface area contributed by atoms with Crippen LogP contribution < -0.4 is 10.2 Å². The molecule has 2 rings (SSSR count). The Morgan fingerprint density at radius 1 is 1.15 bits per heavy atom. The summed E-state index contributed by atoms with van der Waals surface area (Å²) in [5, 5.41) is 3.38. The van der Waals surface area contributed by atoms with E-state index in [1.165, 1.54) is 0 Å². The van der Waals surface area contributed by atoms with E-state index in [2.05, 4.69) is 20.3 Å². The minimum Gasteiger partial charge on any atom is -0.369 e. The molecule has 0 unspecified atom stereocenters. The lowest BCUT2D eigenvalue weighted by Crippen LogP contribution is -2.16. The molecule has 0 fully saturated rings. The Morgan fingerprint density at radius 3 is 2.60 bits per heavy atom. The molecule has 2 heterocycles. The minimum atomic E-state index is 0.730. The highest BCUT2D eigenvalue weighted by Gasteiger charge is 2.08. The molecular formula is C15H21N5. The van der Waals surface area contributed by atoms with E-state index in [9.17, 15) is 0 Å². The number of anilines is 2. The van der Waals surface area contributed by atoms with Gasteiger partial charge in [-0.2, -0.15) is 4.98 Å². The fourth-order valence-electron chi connectivity index (χ4n) is 1.84. The monoisotopic (exact) mass is 271 g/mol. The lowest BCUT2D eigenvalue weighted by molar-refractivity contribution is 0.925. The first-order chi connectivity index (χ1) is 9.58. The summed E-state index contributed by atoms with van der Waals surface area (Å²) in [5.41, 5.74) is 3.18. The Balaban J connectivity index is 2.05. The van der Waals surface area contributed by atoms with E-state index in [1.807, 2.05) is 57.2 Å². The lowest BCUT2D eigenvalue weighted by Gasteiger charge is -2.15. The second kappa shape index (κ2) is 6.32. The standard InChI is InChI=1S/C15H21N5/c1-11-12(2)18-15(20(3)4)19-14(11)17-10-8-13-7-5-6-9-16-13/h5-7,9H,8,10H2,1-4H3,(H,17,18,19). The number of aryl methyl sites for hydroxylation is 1. The van der Waals surface area contributed by atoms with Crippen molar-refractivity contribution in [2.75, 3.05) is 30.9 Å². The summed E-state index contributed by atoms with van der Waals surface area (Å²) >= 11 is 0. The molecule has 106 valence electrons. The average molecular weight is 271 g/mol. The van der Waals surface area contributed by atoms with Crippen LogP contribution >= 0.6 is 0 Å². The van der Waals surface area contributed by atoms with Crippen LogP contribution in [-0.2, 0) is 6.42 Å². The molecule has 20 heavy (non-hydrogen) atoms. The van der Waals surface area contributed by atoms with Crippen LogP contribution in [0, 0.1) is 13.8 Å². The van der Waals surface area contributed by atoms with Crippen molar-refractivity contribution >= 4 is 11.8 Å². The van der Waals surface area contributed by atoms with Gasteiger partial charge >= 0.3 is 0 Å². The van der Waals surface area contributed by atoms with E-state index in [0.717, 1.165) is 41.7 Å². The first-order valence-corrected chi connectivity index (χ1v) is 6.74. The van der Waals surface area contributed by atoms with E-state index >= 15 is 0 Å². The summed E-state index contributed by atoms with van der Waals surface area (Å²) in [6, 6.07) is 5.97. The molecule has 1 N–H and O–H groups in total. The predicted octanol–water partition coefficient (Wildman–Crippen LogP) is 2.21. The van der Waals surface area contributed by atoms with Crippen LogP contribution in [0.3, 0.4) is 0 Å². The Bertz CT molecular complexity index is 566. The molecule has 0 amide bonds. The van der Waals surface area contributed by atoms with Crippen molar-refractivity contribution in [3.05, 3.63) is 41.3 Å². The second-order valence-electron chi connectivity index (χ2n) is 4.97. The van der Waals surface area contributed by atoms with Gasteiger partial charge in [-0.15, -0.1) is 0 Å². The molecule has 0 aliphatic rings. The highest BCUT2D eigenvalue weighted by atomic mass is 15.2. The zero-order valence-electron chi connectivity index (χ0n) is 12.5. The molecule has 0 spiro atoms. The predicted molar refractivity (Wildman–Crippen MR) is 82.3 cm³/mol. The number of rotatable bonds is 5. The maximum absolute atomic E-state index is 4.55. The van der Waals surface area contributed by atoms with Crippen LogP contribution in [0.15, 0.2) is 24.4 Å². The molecule has 0 saturated carbocycles. The van der Waals surface area contributed by atoms with Gasteiger partial charge in [-0.25, -0.2) is 4.98 Å². The summed E-state index contributed by atoms with van der Waals surface area (Å²) in [6.07, 6.45) is 2.69. The maximum Gasteiger partial charge on any atom is 0.227 e. The van der Waals surface area contributed by atoms with Crippen LogP contribution in [0.4, 0.5) is 11.8 Å². The molecule has 5 heteroatoms. The summed E-state index contributed by atoms with van der Waals surface area (Å²) in [7, 11) is 3.89. The number of nitrogens with one attached hydrogen (secondary N) is 1. The van der Waals surface area contributed by atoms with Gasteiger partial charge in [0.15, 0.2) is 0 Å². The minimum absolute atomic E-state index is 0.730. The molecule has 0 radical (unpaired) electrons. The summed E-state index contributed by atoms with van der Waals surface area (Å²) in [6.45, 7) is 4.85. The van der Waals surface area contributed by atoms with E-state index in [0.29, 0.717) is 0 Å². The van der Waals surface area contributed by atoms with Gasteiger partial charge in [-0.05, 0) is 26.0 Å². The van der Waals surface area contributed by atoms with Crippen molar-refractivity contribution in [1.82, 2.24) is 15.0 Å². The number of hydrogen-bond donors (Lipinski definition) is 1. The molecular weight excluding hydrogens is 250 g/mol. The van der Waals surface area contributed by atoms with E-state index in [-0.39, 0.29) is 0 Å². The van der Waals surface area contributed by atoms with Crippen LogP contribution in [0.5, 0.6) is 0 Å². The quantitative estimate of drug-likeness (QED) is 0.903. The number of pyridine rings is 1. The third-order valence-corrected chi connectivity index (χ3v) is 3.18. The van der Waals surface area contributed by atoms with Crippen molar-refractivity contribution < 1.29 is 0 Å². The van der Waals surface area contributed by atoms with Crippen molar-refractivity contribution in [2.24, 2.45) is 0 Å². The first kappa shape index (κ1) is 14.2. The summed E-state index contributed by atoms with van der Waals surface area (Å²) in [4.78, 5) is 15.2. The lowest BCUT2D eigenvalue weighted by atomic mass is 10.2. The Kier molecular flexibility index (Phi) is 4.50. The Hall–Kier alpha value is -2.17. The Morgan fingerprint density at radius 2 is 1.95 bits per heavy atom. The van der Waals surface area contributed by atoms with Gasteiger partial charge in [0, 0.05) is 50.2 Å². The maximum atomic E-state index is 4.55. The molecule has 0 aliphatic heterocycles. The van der Waals surface area contributed by atoms with Crippen LogP contribution in [-0.4, -0.2) is 35.6 Å². The van der Waals surface area contributed by atoms with Gasteiger partial charge in [0.2, 0.25) is 5.95 Å². The average Bonchev–Trinajstić information content (AvgIpc) is 2.44. The fraction of sp³-hybridized carbons (Fsp3) is 0.400. The topological polar surface area (TPSA) is 53.9 Å². The molecule has 0 bridgehead atoms. The normalized spacial score (nSPS) is 10.4. The number of nitrogens with zero attached hydrogens (tertiary/aromatic N) is 4. The fourth-order valence-corrected chi connectivity index (χ4v) is 1.84. The third-order valence-electron chi connectivity index (χ3n) is 3.18. The van der Waals surface area contributed by atoms with E-state index in [4.69, 9.17) is 0 Å². The number of hydrogen-bond acceptors (Lipinski definition) is 5. The SMILES string of the molecule is Cc1nc(N(C)C)nc(NCCc2ccccn2)c1C. The smallest absolute Gasteiger partial charge is 0.227 e. The first-order valence-electron chi connectivity index (χ1n) is 6.74. The van der Waals surface area contributed by atoms with Gasteiger partial charge in [0.05, 0.1) is 0 Å². The molecule has 0 atom stereocenters. The van der Waals surface area contributed by atoms with E-state index < -0.39 is 0 Å². The summed E-state index contributed by atoms with van der Waals surface area (Å²) in [5.74, 6) is 1.63. The molecule has 5 nitrogen and oxygen atoms in total.